The first kappa shape index (κ1) is 15.1. The molecule has 0 saturated carbocycles. The number of nitrogens with two attached hydrogens (primary N) is 1. The molecule has 0 aliphatic carbocycles. The Morgan fingerprint density at radius 3 is 2.25 bits per heavy atom. The van der Waals surface area contributed by atoms with E-state index in [-0.39, 0.29) is 11.4 Å². The van der Waals surface area contributed by atoms with Crippen LogP contribution in [0.4, 0.5) is 5.69 Å². The zero-order valence-corrected chi connectivity index (χ0v) is 12.6. The van der Waals surface area contributed by atoms with Crippen LogP contribution in [0.2, 0.25) is 10.0 Å². The number of benzene rings is 2. The van der Waals surface area contributed by atoms with E-state index in [1.54, 1.807) is 18.2 Å². The summed E-state index contributed by atoms with van der Waals surface area (Å²) in [5, 5.41) is 0.699. The minimum absolute atomic E-state index is 0.132. The van der Waals surface area contributed by atoms with Gasteiger partial charge in [-0.1, -0.05) is 41.4 Å². The van der Waals surface area contributed by atoms with Gasteiger partial charge in [-0.05, 0) is 29.8 Å². The lowest BCUT2D eigenvalue weighted by molar-refractivity contribution is 0.600. The van der Waals surface area contributed by atoms with E-state index in [0.29, 0.717) is 21.3 Å². The smallest absolute Gasteiger partial charge is 0.262 e. The van der Waals surface area contributed by atoms with Gasteiger partial charge in [-0.15, -0.1) is 0 Å². The summed E-state index contributed by atoms with van der Waals surface area (Å²) in [5.74, 6) is 0. The first-order chi connectivity index (χ1) is 9.42. The van der Waals surface area contributed by atoms with Crippen LogP contribution in [0.1, 0.15) is 5.56 Å². The number of halogens is 2. The third-order valence-electron chi connectivity index (χ3n) is 2.60. The molecule has 0 amide bonds. The van der Waals surface area contributed by atoms with Crippen LogP contribution in [0.3, 0.4) is 0 Å². The highest BCUT2D eigenvalue weighted by molar-refractivity contribution is 7.92. The average Bonchev–Trinajstić information content (AvgIpc) is 2.36. The largest absolute Gasteiger partial charge is 0.326 e. The molecule has 0 unspecified atom stereocenters. The highest BCUT2D eigenvalue weighted by atomic mass is 35.5. The van der Waals surface area contributed by atoms with Crippen LogP contribution in [-0.2, 0) is 16.6 Å². The van der Waals surface area contributed by atoms with Crippen molar-refractivity contribution in [3.8, 4) is 0 Å². The van der Waals surface area contributed by atoms with Crippen LogP contribution in [0.25, 0.3) is 0 Å². The lowest BCUT2D eigenvalue weighted by atomic mass is 10.2. The predicted octanol–water partition coefficient (Wildman–Crippen LogP) is 3.25. The van der Waals surface area contributed by atoms with E-state index in [1.807, 2.05) is 0 Å². The van der Waals surface area contributed by atoms with E-state index in [0.717, 1.165) is 0 Å². The molecule has 0 aliphatic heterocycles. The maximum Gasteiger partial charge on any atom is 0.262 e. The predicted molar refractivity (Wildman–Crippen MR) is 81.6 cm³/mol. The topological polar surface area (TPSA) is 72.2 Å². The summed E-state index contributed by atoms with van der Waals surface area (Å²) in [6.45, 7) is 0.132. The maximum absolute atomic E-state index is 12.4. The molecule has 3 N–H and O–H groups in total. The number of nitrogens with one attached hydrogen (secondary N) is 1. The summed E-state index contributed by atoms with van der Waals surface area (Å²) in [6.07, 6.45) is 0. The standard InChI is InChI=1S/C13H12Cl2N2O2S/c14-10-5-11(15)7-12(6-10)17-20(18,19)13-4-2-1-3-9(13)8-16/h1-7,17H,8,16H2. The van der Waals surface area contributed by atoms with E-state index in [4.69, 9.17) is 28.9 Å². The van der Waals surface area contributed by atoms with Gasteiger partial charge < -0.3 is 5.73 Å². The molecule has 4 nitrogen and oxygen atoms in total. The molecule has 0 fully saturated rings. The van der Waals surface area contributed by atoms with Gasteiger partial charge in [0.1, 0.15) is 0 Å². The molecule has 0 heterocycles. The first-order valence-corrected chi connectivity index (χ1v) is 7.93. The van der Waals surface area contributed by atoms with Crippen LogP contribution in [0, 0.1) is 0 Å². The molecule has 0 spiro atoms. The average molecular weight is 331 g/mol. The Morgan fingerprint density at radius 2 is 1.65 bits per heavy atom. The van der Waals surface area contributed by atoms with Crippen molar-refractivity contribution in [1.82, 2.24) is 0 Å². The maximum atomic E-state index is 12.4. The number of rotatable bonds is 4. The molecule has 20 heavy (non-hydrogen) atoms. The molecule has 0 bridgehead atoms. The minimum atomic E-state index is -3.74. The van der Waals surface area contributed by atoms with Crippen LogP contribution >= 0.6 is 23.2 Å². The van der Waals surface area contributed by atoms with E-state index in [1.165, 1.54) is 24.3 Å². The summed E-state index contributed by atoms with van der Waals surface area (Å²) in [7, 11) is -3.74. The summed E-state index contributed by atoms with van der Waals surface area (Å²) in [4.78, 5) is 0.138. The van der Waals surface area contributed by atoms with Crippen molar-refractivity contribution in [2.24, 2.45) is 5.73 Å². The third-order valence-corrected chi connectivity index (χ3v) is 4.51. The summed E-state index contributed by atoms with van der Waals surface area (Å²) in [6, 6.07) is 11.0. The quantitative estimate of drug-likeness (QED) is 0.903. The molecule has 0 aliphatic rings. The van der Waals surface area contributed by atoms with Gasteiger partial charge in [-0.3, -0.25) is 4.72 Å². The number of anilines is 1. The molecule has 0 aromatic heterocycles. The monoisotopic (exact) mass is 330 g/mol. The van der Waals surface area contributed by atoms with Crippen molar-refractivity contribution >= 4 is 38.9 Å². The molecule has 0 radical (unpaired) electrons. The fourth-order valence-corrected chi connectivity index (χ4v) is 3.58. The second-order valence-electron chi connectivity index (χ2n) is 4.08. The third kappa shape index (κ3) is 3.43. The molecule has 2 rings (SSSR count). The van der Waals surface area contributed by atoms with Crippen LogP contribution < -0.4 is 10.5 Å². The Labute approximate surface area is 127 Å². The summed E-state index contributed by atoms with van der Waals surface area (Å²) in [5.41, 5.74) is 6.39. The van der Waals surface area contributed by atoms with Gasteiger partial charge in [-0.2, -0.15) is 0 Å². The summed E-state index contributed by atoms with van der Waals surface area (Å²) < 4.78 is 27.1. The van der Waals surface area contributed by atoms with Gasteiger partial charge in [0.15, 0.2) is 0 Å². The van der Waals surface area contributed by atoms with Crippen molar-refractivity contribution < 1.29 is 8.42 Å². The van der Waals surface area contributed by atoms with Crippen LogP contribution in [0.5, 0.6) is 0 Å². The van der Waals surface area contributed by atoms with Gasteiger partial charge >= 0.3 is 0 Å². The summed E-state index contributed by atoms with van der Waals surface area (Å²) >= 11 is 11.7. The van der Waals surface area contributed by atoms with Crippen molar-refractivity contribution in [3.05, 3.63) is 58.1 Å². The second kappa shape index (κ2) is 6.01. The fraction of sp³-hybridized carbons (Fsp3) is 0.0769. The number of hydrogen-bond acceptors (Lipinski definition) is 3. The molecule has 106 valence electrons. The molecule has 0 saturated heterocycles. The van der Waals surface area contributed by atoms with Crippen LogP contribution in [0.15, 0.2) is 47.4 Å². The Morgan fingerprint density at radius 1 is 1.05 bits per heavy atom. The van der Waals surface area contributed by atoms with E-state index >= 15 is 0 Å². The van der Waals surface area contributed by atoms with Gasteiger partial charge in [0.2, 0.25) is 0 Å². The van der Waals surface area contributed by atoms with Gasteiger partial charge in [-0.25, -0.2) is 8.42 Å². The molecular weight excluding hydrogens is 319 g/mol. The first-order valence-electron chi connectivity index (χ1n) is 5.69. The van der Waals surface area contributed by atoms with E-state index in [2.05, 4.69) is 4.72 Å². The Hall–Kier alpha value is -1.27. The number of sulfonamides is 1. The van der Waals surface area contributed by atoms with E-state index < -0.39 is 10.0 Å². The highest BCUT2D eigenvalue weighted by Crippen LogP contribution is 2.25. The lowest BCUT2D eigenvalue weighted by Gasteiger charge is -2.11. The van der Waals surface area contributed by atoms with Crippen molar-refractivity contribution in [2.75, 3.05) is 4.72 Å². The number of hydrogen-bond donors (Lipinski definition) is 2. The van der Waals surface area contributed by atoms with Gasteiger partial charge in [0.05, 0.1) is 10.6 Å². The second-order valence-corrected chi connectivity index (χ2v) is 6.60. The Kier molecular flexibility index (Phi) is 4.55. The normalized spacial score (nSPS) is 11.3. The highest BCUT2D eigenvalue weighted by Gasteiger charge is 2.17. The molecule has 2 aromatic carbocycles. The lowest BCUT2D eigenvalue weighted by Crippen LogP contribution is -2.16. The van der Waals surface area contributed by atoms with Gasteiger partial charge in [0.25, 0.3) is 10.0 Å². The Bertz CT molecular complexity index is 713. The van der Waals surface area contributed by atoms with E-state index in [9.17, 15) is 8.42 Å². The minimum Gasteiger partial charge on any atom is -0.326 e. The Balaban J connectivity index is 2.41. The van der Waals surface area contributed by atoms with Gasteiger partial charge in [0, 0.05) is 16.6 Å². The van der Waals surface area contributed by atoms with Crippen molar-refractivity contribution in [2.45, 2.75) is 11.4 Å². The zero-order chi connectivity index (χ0) is 14.8. The molecule has 7 heteroatoms. The molecule has 0 atom stereocenters. The zero-order valence-electron chi connectivity index (χ0n) is 10.3. The molecule has 2 aromatic rings. The molecular formula is C13H12Cl2N2O2S. The SMILES string of the molecule is NCc1ccccc1S(=O)(=O)Nc1cc(Cl)cc(Cl)c1. The fourth-order valence-electron chi connectivity index (χ4n) is 1.76. The van der Waals surface area contributed by atoms with Crippen molar-refractivity contribution in [1.29, 1.82) is 0 Å². The van der Waals surface area contributed by atoms with Crippen molar-refractivity contribution in [3.63, 3.8) is 0 Å². The van der Waals surface area contributed by atoms with Crippen LogP contribution in [-0.4, -0.2) is 8.42 Å².